The van der Waals surface area contributed by atoms with Crippen molar-refractivity contribution in [1.82, 2.24) is 0 Å². The van der Waals surface area contributed by atoms with Crippen LogP contribution in [0.25, 0.3) is 0 Å². The van der Waals surface area contributed by atoms with Crippen LogP contribution in [0.1, 0.15) is 22.0 Å². The lowest BCUT2D eigenvalue weighted by atomic mass is 9.99. The number of hydrogen-bond donors (Lipinski definition) is 4. The molecule has 3 N–H and O–H groups in total. The summed E-state index contributed by atoms with van der Waals surface area (Å²) in [7, 11) is 0. The van der Waals surface area contributed by atoms with Crippen LogP contribution in [0, 0.1) is 0 Å². The van der Waals surface area contributed by atoms with Gasteiger partial charge in [0.25, 0.3) is 0 Å². The topological polar surface area (TPSA) is 77.8 Å². The highest BCUT2D eigenvalue weighted by molar-refractivity contribution is 7.80. The number of aldehydes is 1. The fourth-order valence-electron chi connectivity index (χ4n) is 1.26. The van der Waals surface area contributed by atoms with Crippen LogP contribution in [0.2, 0.25) is 0 Å². The highest BCUT2D eigenvalue weighted by Gasteiger charge is 2.21. The normalized spacial score (nSPS) is 14.6. The summed E-state index contributed by atoms with van der Waals surface area (Å²) < 4.78 is 0. The Bertz CT molecular complexity index is 353. The Balaban J connectivity index is 3.13. The fourth-order valence-corrected chi connectivity index (χ4v) is 1.46. The van der Waals surface area contributed by atoms with Gasteiger partial charge in [0.2, 0.25) is 0 Å². The van der Waals surface area contributed by atoms with Gasteiger partial charge in [0, 0.05) is 5.75 Å². The van der Waals surface area contributed by atoms with Crippen molar-refractivity contribution in [2.45, 2.75) is 12.2 Å². The Morgan fingerprint density at radius 3 is 2.60 bits per heavy atom. The van der Waals surface area contributed by atoms with E-state index in [2.05, 4.69) is 12.6 Å². The Labute approximate surface area is 92.6 Å². The molecule has 1 aromatic carbocycles. The molecule has 2 unspecified atom stereocenters. The summed E-state index contributed by atoms with van der Waals surface area (Å²) in [6, 6.07) is 4.31. The number of carbonyl (C=O) groups is 1. The molecule has 1 aromatic rings. The van der Waals surface area contributed by atoms with Crippen molar-refractivity contribution in [3.63, 3.8) is 0 Å². The molecule has 15 heavy (non-hydrogen) atoms. The number of carbonyl (C=O) groups excluding carboxylic acids is 1. The van der Waals surface area contributed by atoms with Gasteiger partial charge in [0.05, 0.1) is 11.7 Å². The van der Waals surface area contributed by atoms with Gasteiger partial charge in [-0.25, -0.2) is 0 Å². The first-order chi connectivity index (χ1) is 7.11. The molecule has 0 fully saturated rings. The van der Waals surface area contributed by atoms with Crippen molar-refractivity contribution in [2.24, 2.45) is 0 Å². The van der Waals surface area contributed by atoms with Crippen LogP contribution < -0.4 is 0 Å². The van der Waals surface area contributed by atoms with Gasteiger partial charge in [-0.15, -0.1) is 0 Å². The highest BCUT2D eigenvalue weighted by Crippen LogP contribution is 2.26. The average molecular weight is 228 g/mol. The molecule has 4 nitrogen and oxygen atoms in total. The number of phenolic OH excluding ortho intramolecular Hbond substituents is 1. The average Bonchev–Trinajstić information content (AvgIpc) is 2.26. The van der Waals surface area contributed by atoms with Crippen LogP contribution in [0.3, 0.4) is 0 Å². The van der Waals surface area contributed by atoms with Crippen LogP contribution in [0.4, 0.5) is 0 Å². The number of aliphatic hydroxyl groups excluding tert-OH is 2. The van der Waals surface area contributed by atoms with E-state index in [0.29, 0.717) is 6.29 Å². The zero-order valence-corrected chi connectivity index (χ0v) is 8.76. The van der Waals surface area contributed by atoms with Crippen LogP contribution >= 0.6 is 12.6 Å². The molecule has 2 atom stereocenters. The number of rotatable bonds is 4. The Morgan fingerprint density at radius 2 is 2.07 bits per heavy atom. The van der Waals surface area contributed by atoms with Crippen molar-refractivity contribution in [3.8, 4) is 5.75 Å². The summed E-state index contributed by atoms with van der Waals surface area (Å²) in [5.41, 5.74) is 0.192. The molecule has 0 amide bonds. The lowest BCUT2D eigenvalue weighted by Crippen LogP contribution is -2.20. The molecule has 1 rings (SSSR count). The lowest BCUT2D eigenvalue weighted by molar-refractivity contribution is 0.0332. The quantitative estimate of drug-likeness (QED) is 0.448. The van der Waals surface area contributed by atoms with Crippen LogP contribution in [0.15, 0.2) is 18.2 Å². The number of thiol groups is 1. The predicted molar refractivity (Wildman–Crippen MR) is 58.3 cm³/mol. The second-order valence-electron chi connectivity index (χ2n) is 3.09. The second kappa shape index (κ2) is 5.16. The number of benzene rings is 1. The van der Waals surface area contributed by atoms with Gasteiger partial charge >= 0.3 is 0 Å². The highest BCUT2D eigenvalue weighted by atomic mass is 32.1. The van der Waals surface area contributed by atoms with Gasteiger partial charge in [0.15, 0.2) is 6.29 Å². The van der Waals surface area contributed by atoms with E-state index in [-0.39, 0.29) is 22.6 Å². The first-order valence-corrected chi connectivity index (χ1v) is 4.99. The van der Waals surface area contributed by atoms with E-state index in [9.17, 15) is 20.1 Å². The molecule has 5 heteroatoms. The Kier molecular flexibility index (Phi) is 4.14. The molecular formula is C10H12O4S. The molecule has 0 aromatic heterocycles. The molecule has 0 saturated carbocycles. The van der Waals surface area contributed by atoms with E-state index in [1.54, 1.807) is 0 Å². The zero-order chi connectivity index (χ0) is 11.4. The summed E-state index contributed by atoms with van der Waals surface area (Å²) in [4.78, 5) is 10.7. The third-order valence-corrected chi connectivity index (χ3v) is 2.48. The predicted octanol–water partition coefficient (Wildman–Crippen LogP) is 0.529. The third kappa shape index (κ3) is 2.50. The summed E-state index contributed by atoms with van der Waals surface area (Å²) in [5, 5.41) is 28.4. The number of aliphatic hydroxyl groups is 2. The van der Waals surface area contributed by atoms with Gasteiger partial charge in [-0.3, -0.25) is 4.79 Å². The first-order valence-electron chi connectivity index (χ1n) is 4.35. The molecule has 0 saturated heterocycles. The summed E-state index contributed by atoms with van der Waals surface area (Å²) in [6.07, 6.45) is -1.86. The van der Waals surface area contributed by atoms with Gasteiger partial charge in [0.1, 0.15) is 11.9 Å². The molecule has 0 aliphatic heterocycles. The number of phenols is 1. The standard InChI is InChI=1S/C10H12O4S/c11-4-7-6(2-1-3-8(7)12)10(14)9(13)5-15/h1-4,9-10,12-15H,5H2. The minimum atomic E-state index is -1.23. The van der Waals surface area contributed by atoms with Crippen molar-refractivity contribution >= 4 is 18.9 Å². The zero-order valence-electron chi connectivity index (χ0n) is 7.87. The van der Waals surface area contributed by atoms with E-state index in [0.717, 1.165) is 0 Å². The van der Waals surface area contributed by atoms with Gasteiger partial charge < -0.3 is 15.3 Å². The first kappa shape index (κ1) is 12.0. The van der Waals surface area contributed by atoms with Crippen molar-refractivity contribution in [1.29, 1.82) is 0 Å². The molecule has 0 aliphatic rings. The number of hydrogen-bond acceptors (Lipinski definition) is 5. The monoisotopic (exact) mass is 228 g/mol. The van der Waals surface area contributed by atoms with Crippen molar-refractivity contribution in [3.05, 3.63) is 29.3 Å². The molecule has 82 valence electrons. The van der Waals surface area contributed by atoms with E-state index < -0.39 is 12.2 Å². The van der Waals surface area contributed by atoms with Crippen molar-refractivity contribution < 1.29 is 20.1 Å². The summed E-state index contributed by atoms with van der Waals surface area (Å²) >= 11 is 3.83. The fraction of sp³-hybridized carbons (Fsp3) is 0.300. The maximum Gasteiger partial charge on any atom is 0.154 e. The second-order valence-corrected chi connectivity index (χ2v) is 3.46. The molecular weight excluding hydrogens is 216 g/mol. The van der Waals surface area contributed by atoms with Gasteiger partial charge in [-0.05, 0) is 11.6 Å². The van der Waals surface area contributed by atoms with Crippen molar-refractivity contribution in [2.75, 3.05) is 5.75 Å². The maximum absolute atomic E-state index is 10.7. The third-order valence-electron chi connectivity index (χ3n) is 2.10. The van der Waals surface area contributed by atoms with Crippen LogP contribution in [-0.2, 0) is 0 Å². The van der Waals surface area contributed by atoms with E-state index in [1.807, 2.05) is 0 Å². The van der Waals surface area contributed by atoms with E-state index >= 15 is 0 Å². The minimum Gasteiger partial charge on any atom is -0.507 e. The molecule has 0 heterocycles. The summed E-state index contributed by atoms with van der Waals surface area (Å²) in [5.74, 6) is -0.150. The van der Waals surface area contributed by atoms with E-state index in [4.69, 9.17) is 0 Å². The molecule has 0 radical (unpaired) electrons. The molecule has 0 spiro atoms. The SMILES string of the molecule is O=Cc1c(O)cccc1C(O)C(O)CS. The lowest BCUT2D eigenvalue weighted by Gasteiger charge is -2.17. The van der Waals surface area contributed by atoms with E-state index in [1.165, 1.54) is 18.2 Å². The molecule has 0 aliphatic carbocycles. The maximum atomic E-state index is 10.7. The summed E-state index contributed by atoms with van der Waals surface area (Å²) in [6.45, 7) is 0. The number of aromatic hydroxyl groups is 1. The Morgan fingerprint density at radius 1 is 1.40 bits per heavy atom. The van der Waals surface area contributed by atoms with Gasteiger partial charge in [-0.1, -0.05) is 12.1 Å². The van der Waals surface area contributed by atoms with Gasteiger partial charge in [-0.2, -0.15) is 12.6 Å². The minimum absolute atomic E-state index is 0.00849. The largest absolute Gasteiger partial charge is 0.507 e. The molecule has 0 bridgehead atoms. The van der Waals surface area contributed by atoms with Crippen LogP contribution in [-0.4, -0.2) is 33.5 Å². The smallest absolute Gasteiger partial charge is 0.154 e. The Hall–Kier alpha value is -1.04. The van der Waals surface area contributed by atoms with Crippen LogP contribution in [0.5, 0.6) is 5.75 Å².